The molecule has 6 nitrogen and oxygen atoms in total. The molecule has 2 saturated heterocycles. The fourth-order valence-electron chi connectivity index (χ4n) is 3.66. The Hall–Kier alpha value is -2.47. The van der Waals surface area contributed by atoms with Crippen LogP contribution in [0, 0.1) is 11.8 Å². The smallest absolute Gasteiger partial charge is 0.335 e. The lowest BCUT2D eigenvalue weighted by Crippen LogP contribution is -2.38. The topological polar surface area (TPSA) is 83.9 Å². The van der Waals surface area contributed by atoms with E-state index in [2.05, 4.69) is 0 Å². The lowest BCUT2D eigenvalue weighted by molar-refractivity contribution is -0.126. The number of hydrogen-bond acceptors (Lipinski definition) is 4. The van der Waals surface area contributed by atoms with E-state index in [-0.39, 0.29) is 23.5 Å². The van der Waals surface area contributed by atoms with Gasteiger partial charge in [0.2, 0.25) is 11.8 Å². The zero-order chi connectivity index (χ0) is 15.6. The summed E-state index contributed by atoms with van der Waals surface area (Å²) in [6.07, 6.45) is 3.33. The maximum atomic E-state index is 12.7. The Morgan fingerprint density at radius 2 is 1.91 bits per heavy atom. The van der Waals surface area contributed by atoms with Gasteiger partial charge in [-0.15, -0.1) is 0 Å². The summed E-state index contributed by atoms with van der Waals surface area (Å²) in [7, 11) is 0. The molecule has 2 amide bonds. The van der Waals surface area contributed by atoms with Gasteiger partial charge < -0.3 is 9.84 Å². The van der Waals surface area contributed by atoms with Gasteiger partial charge in [0.05, 0.1) is 34.8 Å². The van der Waals surface area contributed by atoms with Crippen molar-refractivity contribution in [3.63, 3.8) is 0 Å². The number of carbonyl (C=O) groups is 3. The number of anilines is 1. The Bertz CT molecular complexity index is 737. The van der Waals surface area contributed by atoms with E-state index < -0.39 is 23.4 Å². The molecular weight excluding hydrogens is 286 g/mol. The van der Waals surface area contributed by atoms with Gasteiger partial charge in [0, 0.05) is 0 Å². The highest BCUT2D eigenvalue weighted by molar-refractivity contribution is 6.23. The van der Waals surface area contributed by atoms with Gasteiger partial charge >= 0.3 is 5.97 Å². The third kappa shape index (κ3) is 1.50. The molecule has 3 aliphatic heterocycles. The van der Waals surface area contributed by atoms with Crippen molar-refractivity contribution in [1.82, 2.24) is 0 Å². The SMILES string of the molecule is C[C@]12C=C[C@@H](O1)[C@@H]1C(=O)N(c3ccc(C(=O)O)cc3)C(=O)[C@@H]12. The van der Waals surface area contributed by atoms with Crippen molar-refractivity contribution in [2.24, 2.45) is 11.8 Å². The van der Waals surface area contributed by atoms with Gasteiger partial charge in [0.15, 0.2) is 0 Å². The standard InChI is InChI=1S/C16H13NO5/c1-16-7-6-10(22-16)11-12(16)14(19)17(13(11)18)9-4-2-8(3-5-9)15(20)21/h2-7,10-12H,1H3,(H,20,21)/t10-,11+,12-,16-/m1/s1. The van der Waals surface area contributed by atoms with Crippen LogP contribution in [0.4, 0.5) is 5.69 Å². The normalized spacial score (nSPS) is 35.3. The largest absolute Gasteiger partial charge is 0.478 e. The Morgan fingerprint density at radius 3 is 2.50 bits per heavy atom. The van der Waals surface area contributed by atoms with E-state index in [1.165, 1.54) is 24.3 Å². The van der Waals surface area contributed by atoms with E-state index in [1.807, 2.05) is 19.1 Å². The van der Waals surface area contributed by atoms with Gasteiger partial charge in [-0.05, 0) is 31.2 Å². The van der Waals surface area contributed by atoms with Crippen LogP contribution in [0.25, 0.3) is 0 Å². The van der Waals surface area contributed by atoms with Crippen molar-refractivity contribution in [2.75, 3.05) is 4.90 Å². The Labute approximate surface area is 126 Å². The van der Waals surface area contributed by atoms with E-state index in [0.717, 1.165) is 4.90 Å². The number of carbonyl (C=O) groups excluding carboxylic acids is 2. The maximum absolute atomic E-state index is 12.7. The minimum atomic E-state index is -1.05. The first kappa shape index (κ1) is 13.2. The van der Waals surface area contributed by atoms with Crippen molar-refractivity contribution in [1.29, 1.82) is 0 Å². The molecule has 3 aliphatic rings. The molecule has 4 atom stereocenters. The summed E-state index contributed by atoms with van der Waals surface area (Å²) < 4.78 is 5.75. The molecule has 2 fully saturated rings. The molecular formula is C16H13NO5. The van der Waals surface area contributed by atoms with E-state index in [9.17, 15) is 14.4 Å². The predicted molar refractivity (Wildman–Crippen MR) is 75.3 cm³/mol. The fourth-order valence-corrected chi connectivity index (χ4v) is 3.66. The first-order valence-corrected chi connectivity index (χ1v) is 7.01. The van der Waals surface area contributed by atoms with Crippen LogP contribution in [0.3, 0.4) is 0 Å². The molecule has 0 saturated carbocycles. The van der Waals surface area contributed by atoms with E-state index in [1.54, 1.807) is 0 Å². The van der Waals surface area contributed by atoms with Crippen molar-refractivity contribution in [3.05, 3.63) is 42.0 Å². The third-order valence-corrected chi connectivity index (χ3v) is 4.70. The van der Waals surface area contributed by atoms with Gasteiger partial charge in [-0.3, -0.25) is 9.59 Å². The monoisotopic (exact) mass is 299 g/mol. The minimum absolute atomic E-state index is 0.111. The molecule has 1 aromatic rings. The number of nitrogens with zero attached hydrogens (tertiary/aromatic N) is 1. The van der Waals surface area contributed by atoms with Crippen LogP contribution in [0.2, 0.25) is 0 Å². The third-order valence-electron chi connectivity index (χ3n) is 4.70. The number of amides is 2. The highest BCUT2D eigenvalue weighted by Gasteiger charge is 2.65. The number of hydrogen-bond donors (Lipinski definition) is 1. The Balaban J connectivity index is 1.71. The summed E-state index contributed by atoms with van der Waals surface area (Å²) in [5.74, 6) is -2.61. The fraction of sp³-hybridized carbons (Fsp3) is 0.312. The number of ether oxygens (including phenoxy) is 1. The van der Waals surface area contributed by atoms with E-state index >= 15 is 0 Å². The summed E-state index contributed by atoms with van der Waals surface area (Å²) >= 11 is 0. The number of aromatic carboxylic acids is 1. The maximum Gasteiger partial charge on any atom is 0.335 e. The molecule has 4 rings (SSSR count). The lowest BCUT2D eigenvalue weighted by atomic mass is 9.78. The molecule has 3 heterocycles. The molecule has 1 aromatic carbocycles. The second-order valence-corrected chi connectivity index (χ2v) is 5.99. The second-order valence-electron chi connectivity index (χ2n) is 5.99. The summed E-state index contributed by atoms with van der Waals surface area (Å²) in [5.41, 5.74) is -0.213. The first-order valence-electron chi connectivity index (χ1n) is 7.01. The summed E-state index contributed by atoms with van der Waals surface area (Å²) in [6, 6.07) is 5.74. The first-order chi connectivity index (χ1) is 10.4. The number of imide groups is 1. The van der Waals surface area contributed by atoms with Crippen molar-refractivity contribution < 1.29 is 24.2 Å². The lowest BCUT2D eigenvalue weighted by Gasteiger charge is -2.24. The molecule has 2 bridgehead atoms. The van der Waals surface area contributed by atoms with Crippen molar-refractivity contribution in [3.8, 4) is 0 Å². The van der Waals surface area contributed by atoms with Crippen LogP contribution in [-0.4, -0.2) is 34.6 Å². The van der Waals surface area contributed by atoms with Crippen LogP contribution in [0.1, 0.15) is 17.3 Å². The van der Waals surface area contributed by atoms with E-state index in [4.69, 9.17) is 9.84 Å². The molecule has 0 spiro atoms. The van der Waals surface area contributed by atoms with E-state index in [0.29, 0.717) is 5.69 Å². The van der Waals surface area contributed by atoms with Gasteiger partial charge in [0.25, 0.3) is 0 Å². The summed E-state index contributed by atoms with van der Waals surface area (Å²) in [5, 5.41) is 8.92. The van der Waals surface area contributed by atoms with Crippen LogP contribution >= 0.6 is 0 Å². The molecule has 0 radical (unpaired) electrons. The van der Waals surface area contributed by atoms with Crippen LogP contribution in [-0.2, 0) is 14.3 Å². The van der Waals surface area contributed by atoms with Gasteiger partial charge in [0.1, 0.15) is 0 Å². The number of fused-ring (bicyclic) bond motifs is 5. The molecule has 1 N–H and O–H groups in total. The molecule has 22 heavy (non-hydrogen) atoms. The zero-order valence-corrected chi connectivity index (χ0v) is 11.7. The second kappa shape index (κ2) is 4.04. The van der Waals surface area contributed by atoms with Crippen LogP contribution in [0.5, 0.6) is 0 Å². The quantitative estimate of drug-likeness (QED) is 0.655. The number of carboxylic acids is 1. The highest BCUT2D eigenvalue weighted by Crippen LogP contribution is 2.52. The Kier molecular flexibility index (Phi) is 2.43. The average Bonchev–Trinajstić information content (AvgIpc) is 3.08. The molecule has 0 aromatic heterocycles. The van der Waals surface area contributed by atoms with Gasteiger partial charge in [-0.25, -0.2) is 9.69 Å². The predicted octanol–water partition coefficient (Wildman–Crippen LogP) is 1.22. The number of benzene rings is 1. The average molecular weight is 299 g/mol. The number of carboxylic acid groups (broad SMARTS) is 1. The molecule has 0 unspecified atom stereocenters. The van der Waals surface area contributed by atoms with Crippen molar-refractivity contribution in [2.45, 2.75) is 18.6 Å². The number of rotatable bonds is 2. The van der Waals surface area contributed by atoms with Crippen LogP contribution in [0.15, 0.2) is 36.4 Å². The summed E-state index contributed by atoms with van der Waals surface area (Å²) in [4.78, 5) is 37.4. The Morgan fingerprint density at radius 1 is 1.23 bits per heavy atom. The van der Waals surface area contributed by atoms with Crippen LogP contribution < -0.4 is 4.90 Å². The van der Waals surface area contributed by atoms with Gasteiger partial charge in [-0.2, -0.15) is 0 Å². The molecule has 0 aliphatic carbocycles. The highest BCUT2D eigenvalue weighted by atomic mass is 16.5. The molecule has 6 heteroatoms. The van der Waals surface area contributed by atoms with Crippen molar-refractivity contribution >= 4 is 23.5 Å². The van der Waals surface area contributed by atoms with Gasteiger partial charge in [-0.1, -0.05) is 12.2 Å². The zero-order valence-electron chi connectivity index (χ0n) is 11.7. The minimum Gasteiger partial charge on any atom is -0.478 e. The molecule has 112 valence electrons. The summed E-state index contributed by atoms with van der Waals surface area (Å²) in [6.45, 7) is 1.82.